The maximum Gasteiger partial charge on any atom is 0.418 e. The minimum absolute atomic E-state index is 0.120. The predicted octanol–water partition coefficient (Wildman–Crippen LogP) is 3.90. The number of alkyl halides is 3. The molecular formula is C15H20ClF3N2O. The van der Waals surface area contributed by atoms with E-state index in [9.17, 15) is 18.3 Å². The van der Waals surface area contributed by atoms with E-state index in [4.69, 9.17) is 17.3 Å². The van der Waals surface area contributed by atoms with Gasteiger partial charge in [0.15, 0.2) is 0 Å². The Morgan fingerprint density at radius 3 is 2.50 bits per heavy atom. The van der Waals surface area contributed by atoms with E-state index in [0.717, 1.165) is 31.7 Å². The lowest BCUT2D eigenvalue weighted by Crippen LogP contribution is -2.34. The maximum atomic E-state index is 12.9. The van der Waals surface area contributed by atoms with E-state index in [1.165, 1.54) is 12.5 Å². The summed E-state index contributed by atoms with van der Waals surface area (Å²) >= 11 is 5.76. The summed E-state index contributed by atoms with van der Waals surface area (Å²) in [6.45, 7) is 0.197. The summed E-state index contributed by atoms with van der Waals surface area (Å²) < 4.78 is 38.7. The average molecular weight is 337 g/mol. The van der Waals surface area contributed by atoms with Crippen LogP contribution < -0.4 is 11.1 Å². The van der Waals surface area contributed by atoms with Crippen molar-refractivity contribution in [2.24, 2.45) is 0 Å². The number of benzene rings is 1. The lowest BCUT2D eigenvalue weighted by atomic mass is 9.95. The SMILES string of the molecule is Nc1c(Cl)cc(C(O)CNC2CCCCC2)cc1C(F)(F)F. The van der Waals surface area contributed by atoms with E-state index in [-0.39, 0.29) is 17.1 Å². The molecule has 0 amide bonds. The van der Waals surface area contributed by atoms with Gasteiger partial charge in [-0.2, -0.15) is 13.2 Å². The smallest absolute Gasteiger partial charge is 0.397 e. The largest absolute Gasteiger partial charge is 0.418 e. The number of halogens is 4. The molecule has 4 N–H and O–H groups in total. The number of anilines is 1. The number of aliphatic hydroxyl groups is 1. The number of nitrogen functional groups attached to an aromatic ring is 1. The van der Waals surface area contributed by atoms with Crippen LogP contribution in [0.3, 0.4) is 0 Å². The Balaban J connectivity index is 2.08. The monoisotopic (exact) mass is 336 g/mol. The number of hydrogen-bond acceptors (Lipinski definition) is 3. The molecule has 22 heavy (non-hydrogen) atoms. The first kappa shape index (κ1) is 17.4. The first-order chi connectivity index (χ1) is 10.3. The molecule has 1 saturated carbocycles. The summed E-state index contributed by atoms with van der Waals surface area (Å²) in [5, 5.41) is 13.1. The number of rotatable bonds is 4. The van der Waals surface area contributed by atoms with Gasteiger partial charge in [0.2, 0.25) is 0 Å². The molecule has 124 valence electrons. The normalized spacial score (nSPS) is 18.4. The van der Waals surface area contributed by atoms with Gasteiger partial charge in [0.25, 0.3) is 0 Å². The van der Waals surface area contributed by atoms with Crippen molar-refractivity contribution >= 4 is 17.3 Å². The Hall–Kier alpha value is -0.980. The van der Waals surface area contributed by atoms with Crippen LogP contribution in [0.2, 0.25) is 5.02 Å². The third kappa shape index (κ3) is 4.27. The van der Waals surface area contributed by atoms with Crippen molar-refractivity contribution in [1.82, 2.24) is 5.32 Å². The highest BCUT2D eigenvalue weighted by molar-refractivity contribution is 6.33. The van der Waals surface area contributed by atoms with Crippen LogP contribution in [0.1, 0.15) is 49.3 Å². The van der Waals surface area contributed by atoms with Crippen LogP contribution in [0, 0.1) is 0 Å². The zero-order valence-corrected chi connectivity index (χ0v) is 12.8. The molecule has 1 aliphatic rings. The van der Waals surface area contributed by atoms with Gasteiger partial charge >= 0.3 is 6.18 Å². The van der Waals surface area contributed by atoms with E-state index in [2.05, 4.69) is 5.32 Å². The summed E-state index contributed by atoms with van der Waals surface area (Å²) in [5.41, 5.74) is 3.98. The summed E-state index contributed by atoms with van der Waals surface area (Å²) in [4.78, 5) is 0. The molecule has 0 aliphatic heterocycles. The van der Waals surface area contributed by atoms with Gasteiger partial charge in [-0.15, -0.1) is 0 Å². The summed E-state index contributed by atoms with van der Waals surface area (Å²) in [7, 11) is 0. The van der Waals surface area contributed by atoms with Gasteiger partial charge in [-0.05, 0) is 30.5 Å². The molecule has 1 aromatic carbocycles. The van der Waals surface area contributed by atoms with Crippen molar-refractivity contribution in [2.75, 3.05) is 12.3 Å². The fraction of sp³-hybridized carbons (Fsp3) is 0.600. The van der Waals surface area contributed by atoms with Gasteiger partial charge in [-0.1, -0.05) is 30.9 Å². The highest BCUT2D eigenvalue weighted by Crippen LogP contribution is 2.38. The number of aliphatic hydroxyl groups excluding tert-OH is 1. The molecule has 3 nitrogen and oxygen atoms in total. The topological polar surface area (TPSA) is 58.3 Å². The molecule has 0 saturated heterocycles. The minimum atomic E-state index is -4.60. The molecule has 0 heterocycles. The van der Waals surface area contributed by atoms with Crippen LogP contribution in [-0.2, 0) is 6.18 Å². The highest BCUT2D eigenvalue weighted by atomic mass is 35.5. The van der Waals surface area contributed by atoms with E-state index in [0.29, 0.717) is 6.04 Å². The summed E-state index contributed by atoms with van der Waals surface area (Å²) in [6.07, 6.45) is -0.101. The first-order valence-corrected chi connectivity index (χ1v) is 7.74. The Labute approximate surface area is 132 Å². The molecule has 1 unspecified atom stereocenters. The quantitative estimate of drug-likeness (QED) is 0.731. The standard InChI is InChI=1S/C15H20ClF3N2O/c16-12-7-9(6-11(14(12)20)15(17,18)19)13(22)8-21-10-4-2-1-3-5-10/h6-7,10,13,21-22H,1-5,8,20H2. The van der Waals surface area contributed by atoms with Crippen LogP contribution in [-0.4, -0.2) is 17.7 Å². The predicted molar refractivity (Wildman–Crippen MR) is 80.7 cm³/mol. The average Bonchev–Trinajstić information content (AvgIpc) is 2.47. The van der Waals surface area contributed by atoms with Crippen molar-refractivity contribution in [3.05, 3.63) is 28.3 Å². The maximum absolute atomic E-state index is 12.9. The van der Waals surface area contributed by atoms with Crippen molar-refractivity contribution in [2.45, 2.75) is 50.4 Å². The zero-order chi connectivity index (χ0) is 16.3. The van der Waals surface area contributed by atoms with Crippen LogP contribution in [0.4, 0.5) is 18.9 Å². The van der Waals surface area contributed by atoms with Crippen LogP contribution in [0.15, 0.2) is 12.1 Å². The molecule has 7 heteroatoms. The molecule has 1 aliphatic carbocycles. The third-order valence-corrected chi connectivity index (χ3v) is 4.36. The number of hydrogen-bond donors (Lipinski definition) is 3. The molecule has 0 spiro atoms. The van der Waals surface area contributed by atoms with Crippen molar-refractivity contribution in [3.63, 3.8) is 0 Å². The molecule has 1 atom stereocenters. The van der Waals surface area contributed by atoms with Crippen LogP contribution >= 0.6 is 11.6 Å². The third-order valence-electron chi connectivity index (χ3n) is 4.05. The van der Waals surface area contributed by atoms with Gasteiger partial charge in [0, 0.05) is 12.6 Å². The highest BCUT2D eigenvalue weighted by Gasteiger charge is 2.34. The van der Waals surface area contributed by atoms with Crippen LogP contribution in [0.25, 0.3) is 0 Å². The van der Waals surface area contributed by atoms with Crippen molar-refractivity contribution in [1.29, 1.82) is 0 Å². The number of nitrogens with two attached hydrogens (primary N) is 1. The Morgan fingerprint density at radius 2 is 1.91 bits per heavy atom. The molecule has 0 bridgehead atoms. The van der Waals surface area contributed by atoms with E-state index >= 15 is 0 Å². The Morgan fingerprint density at radius 1 is 1.27 bits per heavy atom. The molecule has 0 aromatic heterocycles. The molecular weight excluding hydrogens is 317 g/mol. The van der Waals surface area contributed by atoms with Crippen molar-refractivity contribution < 1.29 is 18.3 Å². The second kappa shape index (κ2) is 7.06. The van der Waals surface area contributed by atoms with Crippen LogP contribution in [0.5, 0.6) is 0 Å². The van der Waals surface area contributed by atoms with Gasteiger partial charge in [-0.25, -0.2) is 0 Å². The Bertz CT molecular complexity index is 516. The first-order valence-electron chi connectivity index (χ1n) is 7.36. The fourth-order valence-corrected chi connectivity index (χ4v) is 3.00. The molecule has 1 fully saturated rings. The van der Waals surface area contributed by atoms with E-state index in [1.807, 2.05) is 0 Å². The van der Waals surface area contributed by atoms with E-state index in [1.54, 1.807) is 0 Å². The molecule has 0 radical (unpaired) electrons. The van der Waals surface area contributed by atoms with Gasteiger partial charge in [-0.3, -0.25) is 0 Å². The minimum Gasteiger partial charge on any atom is -0.397 e. The summed E-state index contributed by atoms with van der Waals surface area (Å²) in [5.74, 6) is 0. The molecule has 1 aromatic rings. The van der Waals surface area contributed by atoms with E-state index < -0.39 is 23.5 Å². The Kier molecular flexibility index (Phi) is 5.58. The van der Waals surface area contributed by atoms with Crippen molar-refractivity contribution in [3.8, 4) is 0 Å². The second-order valence-electron chi connectivity index (χ2n) is 5.72. The van der Waals surface area contributed by atoms with Gasteiger partial charge in [0.1, 0.15) is 0 Å². The van der Waals surface area contributed by atoms with Gasteiger partial charge in [0.05, 0.1) is 22.4 Å². The molecule has 2 rings (SSSR count). The lowest BCUT2D eigenvalue weighted by molar-refractivity contribution is -0.137. The fourth-order valence-electron chi connectivity index (χ4n) is 2.77. The zero-order valence-electron chi connectivity index (χ0n) is 12.1. The second-order valence-corrected chi connectivity index (χ2v) is 6.13. The van der Waals surface area contributed by atoms with Gasteiger partial charge < -0.3 is 16.2 Å². The summed E-state index contributed by atoms with van der Waals surface area (Å²) in [6, 6.07) is 2.48. The lowest BCUT2D eigenvalue weighted by Gasteiger charge is -2.24. The number of nitrogens with one attached hydrogen (secondary N) is 1.